The van der Waals surface area contributed by atoms with E-state index in [0.717, 1.165) is 13.0 Å². The van der Waals surface area contributed by atoms with E-state index in [1.165, 1.54) is 11.1 Å². The van der Waals surface area contributed by atoms with Crippen molar-refractivity contribution in [3.8, 4) is 0 Å². The molecule has 96 valence electrons. The van der Waals surface area contributed by atoms with Crippen LogP contribution in [-0.2, 0) is 12.0 Å². The highest BCUT2D eigenvalue weighted by Crippen LogP contribution is 2.22. The highest BCUT2D eigenvalue weighted by atomic mass is 14.9. The molecular formula is C16H27N. The van der Waals surface area contributed by atoms with Crippen LogP contribution in [0.1, 0.15) is 59.1 Å². The Morgan fingerprint density at radius 2 is 1.47 bits per heavy atom. The summed E-state index contributed by atoms with van der Waals surface area (Å²) in [6.07, 6.45) is 1.15. The first kappa shape index (κ1) is 14.2. The van der Waals surface area contributed by atoms with Gasteiger partial charge in [0.15, 0.2) is 0 Å². The maximum atomic E-state index is 3.58. The van der Waals surface area contributed by atoms with E-state index in [9.17, 15) is 0 Å². The minimum absolute atomic E-state index is 0.225. The zero-order valence-electron chi connectivity index (χ0n) is 12.2. The summed E-state index contributed by atoms with van der Waals surface area (Å²) in [5, 5.41) is 3.58. The topological polar surface area (TPSA) is 12.0 Å². The Morgan fingerprint density at radius 1 is 0.941 bits per heavy atom. The van der Waals surface area contributed by atoms with E-state index in [-0.39, 0.29) is 11.0 Å². The monoisotopic (exact) mass is 233 g/mol. The molecule has 0 aliphatic carbocycles. The molecule has 0 bridgehead atoms. The Balaban J connectivity index is 2.64. The van der Waals surface area contributed by atoms with Gasteiger partial charge in [0, 0.05) is 12.1 Å². The van der Waals surface area contributed by atoms with Gasteiger partial charge in [-0.15, -0.1) is 0 Å². The summed E-state index contributed by atoms with van der Waals surface area (Å²) in [5.74, 6) is 0. The van der Waals surface area contributed by atoms with E-state index >= 15 is 0 Å². The molecule has 0 saturated carbocycles. The molecule has 1 aromatic rings. The second-order valence-electron chi connectivity index (χ2n) is 6.54. The summed E-state index contributed by atoms with van der Waals surface area (Å²) >= 11 is 0. The van der Waals surface area contributed by atoms with E-state index in [0.29, 0.717) is 0 Å². The number of hydrogen-bond donors (Lipinski definition) is 1. The van der Waals surface area contributed by atoms with Crippen LogP contribution in [0, 0.1) is 0 Å². The van der Waals surface area contributed by atoms with E-state index in [1.54, 1.807) is 0 Å². The summed E-state index contributed by atoms with van der Waals surface area (Å²) in [4.78, 5) is 0. The Labute approximate surface area is 107 Å². The third-order valence-corrected chi connectivity index (χ3v) is 3.47. The Hall–Kier alpha value is -0.820. The van der Waals surface area contributed by atoms with Crippen LogP contribution < -0.4 is 5.32 Å². The van der Waals surface area contributed by atoms with E-state index in [1.807, 2.05) is 0 Å². The quantitative estimate of drug-likeness (QED) is 0.819. The Morgan fingerprint density at radius 3 is 1.88 bits per heavy atom. The van der Waals surface area contributed by atoms with E-state index < -0.39 is 0 Å². The van der Waals surface area contributed by atoms with Crippen molar-refractivity contribution < 1.29 is 0 Å². The lowest BCUT2D eigenvalue weighted by atomic mass is 9.86. The largest absolute Gasteiger partial charge is 0.308 e. The smallest absolute Gasteiger partial charge is 0.0210 e. The maximum absolute atomic E-state index is 3.58. The van der Waals surface area contributed by atoms with E-state index in [4.69, 9.17) is 0 Å². The predicted molar refractivity (Wildman–Crippen MR) is 76.4 cm³/mol. The average Bonchev–Trinajstić information content (AvgIpc) is 2.26. The van der Waals surface area contributed by atoms with Crippen LogP contribution in [0.4, 0.5) is 0 Å². The summed E-state index contributed by atoms with van der Waals surface area (Å²) in [5.41, 5.74) is 3.23. The minimum atomic E-state index is 0.225. The minimum Gasteiger partial charge on any atom is -0.308 e. The lowest BCUT2D eigenvalue weighted by molar-refractivity contribution is 0.374. The Bertz CT molecular complexity index is 341. The van der Waals surface area contributed by atoms with Crippen LogP contribution >= 0.6 is 0 Å². The molecule has 0 saturated heterocycles. The van der Waals surface area contributed by atoms with Crippen LogP contribution in [0.5, 0.6) is 0 Å². The first-order valence-corrected chi connectivity index (χ1v) is 6.59. The van der Waals surface area contributed by atoms with Gasteiger partial charge in [-0.3, -0.25) is 0 Å². The predicted octanol–water partition coefficient (Wildman–Crippen LogP) is 4.26. The third kappa shape index (κ3) is 4.51. The second-order valence-corrected chi connectivity index (χ2v) is 6.54. The van der Waals surface area contributed by atoms with Gasteiger partial charge < -0.3 is 5.32 Å². The van der Waals surface area contributed by atoms with Crippen molar-refractivity contribution in [3.63, 3.8) is 0 Å². The summed E-state index contributed by atoms with van der Waals surface area (Å²) in [6, 6.07) is 8.96. The average molecular weight is 233 g/mol. The number of nitrogens with one attached hydrogen (secondary N) is 1. The lowest BCUT2D eigenvalue weighted by Crippen LogP contribution is -2.37. The molecule has 0 atom stereocenters. The van der Waals surface area contributed by atoms with Gasteiger partial charge in [-0.1, -0.05) is 52.0 Å². The molecule has 17 heavy (non-hydrogen) atoms. The van der Waals surface area contributed by atoms with Crippen molar-refractivity contribution in [1.82, 2.24) is 5.32 Å². The molecule has 1 rings (SSSR count). The molecule has 1 aromatic carbocycles. The number of hydrogen-bond acceptors (Lipinski definition) is 1. The van der Waals surface area contributed by atoms with Crippen LogP contribution in [0.2, 0.25) is 0 Å². The van der Waals surface area contributed by atoms with Crippen molar-refractivity contribution in [2.24, 2.45) is 0 Å². The van der Waals surface area contributed by atoms with Crippen LogP contribution in [-0.4, -0.2) is 5.54 Å². The van der Waals surface area contributed by atoms with Crippen molar-refractivity contribution in [3.05, 3.63) is 35.4 Å². The first-order valence-electron chi connectivity index (χ1n) is 6.59. The fourth-order valence-electron chi connectivity index (χ4n) is 1.59. The van der Waals surface area contributed by atoms with Crippen molar-refractivity contribution in [2.45, 2.75) is 65.5 Å². The van der Waals surface area contributed by atoms with Gasteiger partial charge in [-0.2, -0.15) is 0 Å². The molecule has 0 aliphatic rings. The van der Waals surface area contributed by atoms with Crippen LogP contribution in [0.3, 0.4) is 0 Å². The molecule has 0 radical (unpaired) electrons. The van der Waals surface area contributed by atoms with Gasteiger partial charge in [0.05, 0.1) is 0 Å². The fraction of sp³-hybridized carbons (Fsp3) is 0.625. The molecule has 0 amide bonds. The first-order chi connectivity index (χ1) is 7.74. The van der Waals surface area contributed by atoms with Crippen molar-refractivity contribution >= 4 is 0 Å². The maximum Gasteiger partial charge on any atom is 0.0210 e. The van der Waals surface area contributed by atoms with Gasteiger partial charge in [0.25, 0.3) is 0 Å². The molecule has 1 N–H and O–H groups in total. The van der Waals surface area contributed by atoms with Gasteiger partial charge in [0.1, 0.15) is 0 Å². The zero-order chi connectivity index (χ0) is 13.1. The van der Waals surface area contributed by atoms with Crippen LogP contribution in [0.25, 0.3) is 0 Å². The summed E-state index contributed by atoms with van der Waals surface area (Å²) in [6.45, 7) is 14.4. The molecular weight excluding hydrogens is 206 g/mol. The second kappa shape index (κ2) is 5.22. The number of rotatable bonds is 4. The zero-order valence-corrected chi connectivity index (χ0v) is 12.2. The Kier molecular flexibility index (Phi) is 4.37. The third-order valence-electron chi connectivity index (χ3n) is 3.47. The van der Waals surface area contributed by atoms with Crippen molar-refractivity contribution in [2.75, 3.05) is 0 Å². The molecule has 0 unspecified atom stereocenters. The molecule has 0 aliphatic heterocycles. The van der Waals surface area contributed by atoms with Crippen LogP contribution in [0.15, 0.2) is 24.3 Å². The molecule has 1 heteroatoms. The molecule has 0 aromatic heterocycles. The number of benzene rings is 1. The summed E-state index contributed by atoms with van der Waals surface area (Å²) in [7, 11) is 0. The molecule has 0 fully saturated rings. The van der Waals surface area contributed by atoms with Crippen molar-refractivity contribution in [1.29, 1.82) is 0 Å². The highest BCUT2D eigenvalue weighted by molar-refractivity contribution is 5.27. The van der Waals surface area contributed by atoms with Gasteiger partial charge in [-0.25, -0.2) is 0 Å². The van der Waals surface area contributed by atoms with Gasteiger partial charge >= 0.3 is 0 Å². The molecule has 1 nitrogen and oxygen atoms in total. The molecule has 0 spiro atoms. The normalized spacial score (nSPS) is 12.8. The lowest BCUT2D eigenvalue weighted by Gasteiger charge is -2.25. The van der Waals surface area contributed by atoms with Gasteiger partial charge in [-0.05, 0) is 36.8 Å². The van der Waals surface area contributed by atoms with E-state index in [2.05, 4.69) is 71.1 Å². The highest BCUT2D eigenvalue weighted by Gasteiger charge is 2.15. The SMILES string of the molecule is CCC(C)(C)NCc1ccc(C(C)(C)C)cc1. The fourth-order valence-corrected chi connectivity index (χ4v) is 1.59. The summed E-state index contributed by atoms with van der Waals surface area (Å²) < 4.78 is 0. The molecule has 0 heterocycles. The standard InChI is InChI=1S/C16H27N/c1-7-16(5,6)17-12-13-8-10-14(11-9-13)15(2,3)4/h8-11,17H,7,12H2,1-6H3. The van der Waals surface area contributed by atoms with Gasteiger partial charge in [0.2, 0.25) is 0 Å².